The highest BCUT2D eigenvalue weighted by atomic mass is 19.1. The van der Waals surface area contributed by atoms with Crippen LogP contribution in [0.4, 0.5) is 8.78 Å². The molecule has 0 atom stereocenters. The van der Waals surface area contributed by atoms with Crippen LogP contribution in [0.25, 0.3) is 0 Å². The fourth-order valence-electron chi connectivity index (χ4n) is 1.64. The maximum absolute atomic E-state index is 11.9. The zero-order valence-electron chi connectivity index (χ0n) is 11.3. The van der Waals surface area contributed by atoms with E-state index in [2.05, 4.69) is 15.3 Å². The number of carbonyl (C=O) groups is 1. The predicted octanol–water partition coefficient (Wildman–Crippen LogP) is 2.50. The molecule has 1 N–H and O–H groups in total. The number of hydrogen-bond donors (Lipinski definition) is 1. The van der Waals surface area contributed by atoms with Crippen molar-refractivity contribution >= 4 is 12.2 Å². The van der Waals surface area contributed by atoms with Gasteiger partial charge in [0.25, 0.3) is 0 Å². The molecule has 2 rings (SSSR count). The number of hydrogen-bond acceptors (Lipinski definition) is 4. The monoisotopic (exact) mass is 284 g/mol. The van der Waals surface area contributed by atoms with E-state index in [9.17, 15) is 13.6 Å². The van der Waals surface area contributed by atoms with Crippen molar-refractivity contribution in [3.8, 4) is 0 Å². The third-order valence-electron chi connectivity index (χ3n) is 2.62. The fraction of sp³-hybridized carbons (Fsp3) is 0.429. The summed E-state index contributed by atoms with van der Waals surface area (Å²) in [7, 11) is 0. The fourth-order valence-corrected chi connectivity index (χ4v) is 1.64. The molecule has 0 amide bonds. The number of nitrogens with one attached hydrogen (secondary N) is 1. The largest absolute Gasteiger partial charge is 0.331 e. The van der Waals surface area contributed by atoms with Crippen LogP contribution in [0.5, 0.6) is 0 Å². The highest BCUT2D eigenvalue weighted by Gasteiger charge is 2.10. The van der Waals surface area contributed by atoms with E-state index >= 15 is 0 Å². The highest BCUT2D eigenvalue weighted by molar-refractivity contribution is 5.67. The number of rotatable bonds is 2. The second-order valence-electron chi connectivity index (χ2n) is 4.36. The van der Waals surface area contributed by atoms with Gasteiger partial charge in [-0.1, -0.05) is 11.2 Å². The third kappa shape index (κ3) is 7.58. The first kappa shape index (κ1) is 16.2. The molecule has 1 aliphatic heterocycles. The summed E-state index contributed by atoms with van der Waals surface area (Å²) in [5, 5.41) is 6.84. The van der Waals surface area contributed by atoms with Crippen LogP contribution in [-0.4, -0.2) is 25.3 Å². The molecule has 1 fully saturated rings. The average Bonchev–Trinajstić information content (AvgIpc) is 2.40. The molecule has 0 unspecified atom stereocenters. The first-order valence-corrected chi connectivity index (χ1v) is 6.41. The van der Waals surface area contributed by atoms with E-state index in [0.717, 1.165) is 32.0 Å². The summed E-state index contributed by atoms with van der Waals surface area (Å²) in [6, 6.07) is 4.55. The molecule has 1 saturated heterocycles. The van der Waals surface area contributed by atoms with Crippen molar-refractivity contribution in [3.63, 3.8) is 0 Å². The van der Waals surface area contributed by atoms with Crippen LogP contribution in [0.15, 0.2) is 29.4 Å². The molecule has 1 aliphatic rings. The summed E-state index contributed by atoms with van der Waals surface area (Å²) >= 11 is 0. The maximum Gasteiger partial charge on any atom is 0.331 e. The summed E-state index contributed by atoms with van der Waals surface area (Å²) in [4.78, 5) is 14.8. The molecular formula is C14H18F2N2O2. The van der Waals surface area contributed by atoms with Gasteiger partial charge in [-0.15, -0.1) is 0 Å². The van der Waals surface area contributed by atoms with Crippen LogP contribution in [0.3, 0.4) is 0 Å². The van der Waals surface area contributed by atoms with Gasteiger partial charge in [0.05, 0.1) is 0 Å². The first-order chi connectivity index (χ1) is 9.58. The van der Waals surface area contributed by atoms with E-state index in [-0.39, 0.29) is 5.97 Å². The number of nitrogens with zero attached hydrogens (tertiary/aromatic N) is 1. The van der Waals surface area contributed by atoms with Crippen molar-refractivity contribution in [2.75, 3.05) is 13.1 Å². The van der Waals surface area contributed by atoms with Crippen LogP contribution >= 0.6 is 0 Å². The van der Waals surface area contributed by atoms with Crippen molar-refractivity contribution in [1.29, 1.82) is 0 Å². The molecule has 0 spiro atoms. The molecule has 1 heterocycles. The summed E-state index contributed by atoms with van der Waals surface area (Å²) in [6.07, 6.45) is 3.87. The molecular weight excluding hydrogens is 266 g/mol. The molecule has 1 aromatic rings. The van der Waals surface area contributed by atoms with Crippen LogP contribution in [0.2, 0.25) is 0 Å². The van der Waals surface area contributed by atoms with Crippen molar-refractivity contribution in [2.24, 2.45) is 11.1 Å². The number of carbonyl (C=O) groups excluding carboxylic acids is 1. The summed E-state index contributed by atoms with van der Waals surface area (Å²) in [5.41, 5.74) is 0. The Balaban J connectivity index is 0.000000217. The highest BCUT2D eigenvalue weighted by Crippen LogP contribution is 2.08. The SMILES string of the molecule is CC(=O)O/N=C/C1CCNCC1.Fc1cccc(F)c1. The van der Waals surface area contributed by atoms with Gasteiger partial charge in [-0.05, 0) is 44.0 Å². The minimum Gasteiger partial charge on any atom is -0.319 e. The van der Waals surface area contributed by atoms with Crippen LogP contribution in [-0.2, 0) is 9.63 Å². The lowest BCUT2D eigenvalue weighted by Gasteiger charge is -2.17. The van der Waals surface area contributed by atoms with Gasteiger partial charge in [0.1, 0.15) is 11.6 Å². The van der Waals surface area contributed by atoms with Crippen molar-refractivity contribution < 1.29 is 18.4 Å². The predicted molar refractivity (Wildman–Crippen MR) is 72.2 cm³/mol. The van der Waals surface area contributed by atoms with Crippen LogP contribution in [0, 0.1) is 17.6 Å². The molecule has 20 heavy (non-hydrogen) atoms. The van der Waals surface area contributed by atoms with E-state index in [1.165, 1.54) is 25.1 Å². The normalized spacial score (nSPS) is 15.6. The molecule has 0 aliphatic carbocycles. The lowest BCUT2D eigenvalue weighted by Crippen LogP contribution is -2.28. The Hall–Kier alpha value is -1.82. The molecule has 0 radical (unpaired) electrons. The maximum atomic E-state index is 11.9. The van der Waals surface area contributed by atoms with Crippen LogP contribution in [0.1, 0.15) is 19.8 Å². The van der Waals surface area contributed by atoms with Gasteiger partial charge in [0, 0.05) is 19.2 Å². The Morgan fingerprint density at radius 2 is 1.95 bits per heavy atom. The Labute approximate surface area is 116 Å². The Bertz CT molecular complexity index is 429. The van der Waals surface area contributed by atoms with E-state index in [4.69, 9.17) is 0 Å². The minimum absolute atomic E-state index is 0.361. The molecule has 0 saturated carbocycles. The van der Waals surface area contributed by atoms with E-state index in [1.54, 1.807) is 6.21 Å². The minimum atomic E-state index is -0.537. The standard InChI is InChI=1S/C8H14N2O2.C6H4F2/c1-7(11)12-10-6-8-2-4-9-5-3-8;7-5-2-1-3-6(8)4-5/h6,8-9H,2-5H2,1H3;1-4H/b10-6+;. The van der Waals surface area contributed by atoms with E-state index in [0.29, 0.717) is 5.92 Å². The number of halogens is 2. The third-order valence-corrected chi connectivity index (χ3v) is 2.62. The van der Waals surface area contributed by atoms with Gasteiger partial charge in [0.15, 0.2) is 0 Å². The van der Waals surface area contributed by atoms with Crippen molar-refractivity contribution in [2.45, 2.75) is 19.8 Å². The van der Waals surface area contributed by atoms with Gasteiger partial charge < -0.3 is 10.2 Å². The van der Waals surface area contributed by atoms with Crippen molar-refractivity contribution in [3.05, 3.63) is 35.9 Å². The number of oxime groups is 1. The molecule has 4 nitrogen and oxygen atoms in total. The van der Waals surface area contributed by atoms with Crippen LogP contribution < -0.4 is 5.32 Å². The average molecular weight is 284 g/mol. The van der Waals surface area contributed by atoms with Gasteiger partial charge in [-0.2, -0.15) is 0 Å². The van der Waals surface area contributed by atoms with E-state index in [1.807, 2.05) is 0 Å². The topological polar surface area (TPSA) is 50.7 Å². The lowest BCUT2D eigenvalue weighted by atomic mass is 10.0. The second kappa shape index (κ2) is 9.14. The van der Waals surface area contributed by atoms with Crippen molar-refractivity contribution in [1.82, 2.24) is 5.32 Å². The smallest absolute Gasteiger partial charge is 0.319 e. The Morgan fingerprint density at radius 1 is 1.35 bits per heavy atom. The van der Waals surface area contributed by atoms with Gasteiger partial charge in [0.2, 0.25) is 0 Å². The zero-order chi connectivity index (χ0) is 14.8. The Morgan fingerprint density at radius 3 is 2.40 bits per heavy atom. The quantitative estimate of drug-likeness (QED) is 0.516. The van der Waals surface area contributed by atoms with Gasteiger partial charge in [-0.25, -0.2) is 13.6 Å². The van der Waals surface area contributed by atoms with Gasteiger partial charge in [-0.3, -0.25) is 0 Å². The Kier molecular flexibility index (Phi) is 7.42. The zero-order valence-corrected chi connectivity index (χ0v) is 11.3. The number of benzene rings is 1. The van der Waals surface area contributed by atoms with E-state index < -0.39 is 11.6 Å². The summed E-state index contributed by atoms with van der Waals surface area (Å²) in [6.45, 7) is 3.40. The van der Waals surface area contributed by atoms with Gasteiger partial charge >= 0.3 is 5.97 Å². The molecule has 0 aromatic heterocycles. The molecule has 0 bridgehead atoms. The number of piperidine rings is 1. The summed E-state index contributed by atoms with van der Waals surface area (Å²) < 4.78 is 23.9. The molecule has 6 heteroatoms. The molecule has 110 valence electrons. The second-order valence-corrected chi connectivity index (χ2v) is 4.36. The summed E-state index contributed by atoms with van der Waals surface area (Å²) in [5.74, 6) is -0.971. The first-order valence-electron chi connectivity index (χ1n) is 6.41. The lowest BCUT2D eigenvalue weighted by molar-refractivity contribution is -0.140. The molecule has 1 aromatic carbocycles.